The zero-order valence-corrected chi connectivity index (χ0v) is 26.2. The number of rotatable bonds is 10. The highest BCUT2D eigenvalue weighted by molar-refractivity contribution is 7.19. The van der Waals surface area contributed by atoms with E-state index < -0.39 is 0 Å². The Bertz CT molecular complexity index is 1330. The van der Waals surface area contributed by atoms with Crippen molar-refractivity contribution in [3.05, 3.63) is 60.7 Å². The van der Waals surface area contributed by atoms with Crippen molar-refractivity contribution in [1.82, 2.24) is 0 Å². The van der Waals surface area contributed by atoms with E-state index in [9.17, 15) is 4.79 Å². The first-order valence-electron chi connectivity index (χ1n) is 16.3. The van der Waals surface area contributed by atoms with E-state index in [1.165, 1.54) is 62.8 Å². The van der Waals surface area contributed by atoms with Crippen LogP contribution in [0.15, 0.2) is 70.9 Å². The molecule has 1 aliphatic heterocycles. The largest absolute Gasteiger partial charge is 0.426 e. The van der Waals surface area contributed by atoms with Gasteiger partial charge in [0.2, 0.25) is 0 Å². The second-order valence-electron chi connectivity index (χ2n) is 12.5. The first-order valence-corrected chi connectivity index (χ1v) is 17.1. The van der Waals surface area contributed by atoms with Crippen molar-refractivity contribution in [2.45, 2.75) is 77.6 Å². The molecule has 0 atom stereocenters. The Morgan fingerprint density at radius 2 is 1.40 bits per heavy atom. The highest BCUT2D eigenvalue weighted by Crippen LogP contribution is 2.42. The molecule has 3 aliphatic rings. The van der Waals surface area contributed by atoms with Gasteiger partial charge in [0.15, 0.2) is 0 Å². The summed E-state index contributed by atoms with van der Waals surface area (Å²) in [6, 6.07) is 19.5. The summed E-state index contributed by atoms with van der Waals surface area (Å²) in [7, 11) is 0. The number of carbonyl (C=O) groups excluding carboxylic acids is 1. The Labute approximate surface area is 260 Å². The fourth-order valence-electron chi connectivity index (χ4n) is 7.04. The van der Waals surface area contributed by atoms with E-state index in [0.717, 1.165) is 65.7 Å². The Morgan fingerprint density at radius 3 is 2.02 bits per heavy atom. The fourth-order valence-corrected chi connectivity index (χ4v) is 7.92. The normalized spacial score (nSPS) is 24.3. The maximum absolute atomic E-state index is 12.9. The van der Waals surface area contributed by atoms with Crippen LogP contribution >= 0.6 is 11.3 Å². The molecule has 6 rings (SSSR count). The molecule has 1 aromatic heterocycles. The van der Waals surface area contributed by atoms with Crippen LogP contribution in [0.1, 0.15) is 77.6 Å². The molecule has 0 unspecified atom stereocenters. The van der Waals surface area contributed by atoms with Crippen LogP contribution in [0.2, 0.25) is 0 Å². The quantitative estimate of drug-likeness (QED) is 0.105. The van der Waals surface area contributed by atoms with Gasteiger partial charge in [-0.1, -0.05) is 37.5 Å². The van der Waals surface area contributed by atoms with Crippen molar-refractivity contribution in [3.63, 3.8) is 0 Å². The topological polar surface area (TPSA) is 78.3 Å². The summed E-state index contributed by atoms with van der Waals surface area (Å²) in [5, 5.41) is 11.0. The van der Waals surface area contributed by atoms with Crippen LogP contribution in [0.5, 0.6) is 5.75 Å². The van der Waals surface area contributed by atoms with Crippen molar-refractivity contribution >= 4 is 44.4 Å². The standard InChI is InChI=1S/C35H45N5O2S/c1-2-25-5-7-26(8-6-25)27-9-11-28(12-10-27)35(41)42-32-19-17-31(18-20-32)37-36-29-13-15-30(16-14-29)38-39-33-21-22-34(43-33)40-23-3-4-24-40/h13-22,25-28,36-37H,2-12,23-24H2,1H3. The third-order valence-electron chi connectivity index (χ3n) is 9.79. The van der Waals surface area contributed by atoms with Gasteiger partial charge in [0.1, 0.15) is 10.8 Å². The van der Waals surface area contributed by atoms with Gasteiger partial charge in [0, 0.05) is 13.1 Å². The lowest BCUT2D eigenvalue weighted by Gasteiger charge is -2.37. The molecule has 2 N–H and O–H groups in total. The maximum atomic E-state index is 12.9. The SMILES string of the molecule is CCC1CCC(C2CCC(C(=O)Oc3ccc(NNc4ccc(N=Nc5ccc(N6CCCC6)s5)cc4)cc3)CC2)CC1. The summed E-state index contributed by atoms with van der Waals surface area (Å²) in [5.41, 5.74) is 9.02. The third-order valence-corrected chi connectivity index (χ3v) is 10.8. The van der Waals surface area contributed by atoms with Gasteiger partial charge in [-0.15, -0.1) is 10.2 Å². The number of azo groups is 1. The van der Waals surface area contributed by atoms with Crippen molar-refractivity contribution in [3.8, 4) is 5.75 Å². The van der Waals surface area contributed by atoms with Gasteiger partial charge in [0.25, 0.3) is 0 Å². The van der Waals surface area contributed by atoms with Gasteiger partial charge in [-0.25, -0.2) is 0 Å². The second-order valence-corrected chi connectivity index (χ2v) is 13.6. The Morgan fingerprint density at radius 1 is 0.791 bits per heavy atom. The van der Waals surface area contributed by atoms with Crippen LogP contribution in [0, 0.1) is 23.7 Å². The summed E-state index contributed by atoms with van der Waals surface area (Å²) in [6.07, 6.45) is 13.7. The summed E-state index contributed by atoms with van der Waals surface area (Å²) < 4.78 is 5.77. The van der Waals surface area contributed by atoms with Gasteiger partial charge >= 0.3 is 5.97 Å². The van der Waals surface area contributed by atoms with E-state index >= 15 is 0 Å². The summed E-state index contributed by atoms with van der Waals surface area (Å²) in [6.45, 7) is 4.60. The zero-order valence-electron chi connectivity index (χ0n) is 25.3. The van der Waals surface area contributed by atoms with E-state index in [1.54, 1.807) is 11.3 Å². The molecule has 3 fully saturated rings. The monoisotopic (exact) mass is 599 g/mol. The fraction of sp³-hybridized carbons (Fsp3) is 0.514. The molecule has 7 nitrogen and oxygen atoms in total. The van der Waals surface area contributed by atoms with E-state index in [1.807, 2.05) is 54.6 Å². The molecule has 228 valence electrons. The predicted octanol–water partition coefficient (Wildman–Crippen LogP) is 10.1. The molecule has 0 amide bonds. The Hall–Kier alpha value is -3.39. The minimum Gasteiger partial charge on any atom is -0.426 e. The van der Waals surface area contributed by atoms with E-state index in [4.69, 9.17) is 4.74 Å². The van der Waals surface area contributed by atoms with Gasteiger partial charge in [0.05, 0.1) is 28.0 Å². The van der Waals surface area contributed by atoms with Crippen molar-refractivity contribution in [2.24, 2.45) is 33.9 Å². The molecule has 0 radical (unpaired) electrons. The molecule has 3 aromatic rings. The van der Waals surface area contributed by atoms with E-state index in [-0.39, 0.29) is 11.9 Å². The molecule has 2 saturated carbocycles. The minimum atomic E-state index is -0.0738. The number of anilines is 3. The lowest BCUT2D eigenvalue weighted by atomic mass is 9.69. The highest BCUT2D eigenvalue weighted by Gasteiger charge is 2.33. The number of hydrazine groups is 1. The van der Waals surface area contributed by atoms with Gasteiger partial charge < -0.3 is 20.5 Å². The molecular formula is C35H45N5O2S. The van der Waals surface area contributed by atoms with Crippen LogP contribution in [-0.2, 0) is 4.79 Å². The van der Waals surface area contributed by atoms with Crippen LogP contribution in [0.3, 0.4) is 0 Å². The van der Waals surface area contributed by atoms with Crippen LogP contribution in [-0.4, -0.2) is 19.1 Å². The highest BCUT2D eigenvalue weighted by atomic mass is 32.1. The number of thiophene rings is 1. The first-order chi connectivity index (χ1) is 21.1. The van der Waals surface area contributed by atoms with Gasteiger partial charge in [-0.2, -0.15) is 0 Å². The van der Waals surface area contributed by atoms with E-state index in [0.29, 0.717) is 5.75 Å². The van der Waals surface area contributed by atoms with Gasteiger partial charge in [-0.05, 0) is 130 Å². The van der Waals surface area contributed by atoms with Gasteiger partial charge in [-0.3, -0.25) is 4.79 Å². The van der Waals surface area contributed by atoms with Crippen LogP contribution < -0.4 is 20.5 Å². The number of nitrogens with zero attached hydrogens (tertiary/aromatic N) is 3. The van der Waals surface area contributed by atoms with Crippen LogP contribution in [0.25, 0.3) is 0 Å². The average Bonchev–Trinajstić information content (AvgIpc) is 3.77. The number of carbonyl (C=O) groups is 1. The lowest BCUT2D eigenvalue weighted by Crippen LogP contribution is -2.30. The third kappa shape index (κ3) is 7.96. The van der Waals surface area contributed by atoms with Crippen molar-refractivity contribution in [2.75, 3.05) is 28.8 Å². The summed E-state index contributed by atoms with van der Waals surface area (Å²) in [4.78, 5) is 15.3. The predicted molar refractivity (Wildman–Crippen MR) is 177 cm³/mol. The number of nitrogens with one attached hydrogen (secondary N) is 2. The number of hydrogen-bond donors (Lipinski definition) is 2. The van der Waals surface area contributed by atoms with Crippen molar-refractivity contribution < 1.29 is 9.53 Å². The average molecular weight is 600 g/mol. The summed E-state index contributed by atoms with van der Waals surface area (Å²) in [5.74, 6) is 3.18. The smallest absolute Gasteiger partial charge is 0.314 e. The molecular weight excluding hydrogens is 554 g/mol. The van der Waals surface area contributed by atoms with Crippen molar-refractivity contribution in [1.29, 1.82) is 0 Å². The molecule has 0 bridgehead atoms. The zero-order chi connectivity index (χ0) is 29.4. The molecule has 43 heavy (non-hydrogen) atoms. The van der Waals surface area contributed by atoms with Crippen LogP contribution in [0.4, 0.5) is 27.1 Å². The number of esters is 1. The molecule has 1 saturated heterocycles. The lowest BCUT2D eigenvalue weighted by molar-refractivity contribution is -0.140. The number of benzene rings is 2. The number of hydrogen-bond acceptors (Lipinski definition) is 8. The number of ether oxygens (including phenoxy) is 1. The molecule has 2 aliphatic carbocycles. The molecule has 0 spiro atoms. The Balaban J connectivity index is 0.915. The van der Waals surface area contributed by atoms with E-state index in [2.05, 4.69) is 39.0 Å². The first kappa shape index (κ1) is 29.7. The maximum Gasteiger partial charge on any atom is 0.314 e. The summed E-state index contributed by atoms with van der Waals surface area (Å²) >= 11 is 1.69. The Kier molecular flexibility index (Phi) is 9.93. The molecule has 2 aromatic carbocycles. The minimum absolute atomic E-state index is 0.0305. The second kappa shape index (κ2) is 14.4. The molecule has 8 heteroatoms. The molecule has 2 heterocycles.